The number of nitrogens with zero attached hydrogens (tertiary/aromatic N) is 3. The van der Waals surface area contributed by atoms with E-state index >= 15 is 0 Å². The molecule has 0 fully saturated rings. The van der Waals surface area contributed by atoms with Gasteiger partial charge in [0.05, 0.1) is 12.7 Å². The number of aromatic nitrogens is 2. The largest absolute Gasteiger partial charge is 0.434 e. The van der Waals surface area contributed by atoms with E-state index in [-0.39, 0.29) is 12.3 Å². The number of aliphatic imine (C=N–C) groups is 1. The molecule has 0 radical (unpaired) electrons. The van der Waals surface area contributed by atoms with Crippen molar-refractivity contribution in [2.24, 2.45) is 12.0 Å². The van der Waals surface area contributed by atoms with Crippen LogP contribution in [0.25, 0.3) is 0 Å². The van der Waals surface area contributed by atoms with Crippen molar-refractivity contribution in [3.05, 3.63) is 47.8 Å². The number of hydrogen-bond donors (Lipinski definition) is 2. The molecule has 2 rings (SSSR count). The lowest BCUT2D eigenvalue weighted by Crippen LogP contribution is -2.38. The predicted molar refractivity (Wildman–Crippen MR) is 92.8 cm³/mol. The number of hydrogen-bond acceptors (Lipinski definition) is 3. The molecule has 0 aliphatic carbocycles. The third kappa shape index (κ3) is 6.40. The van der Waals surface area contributed by atoms with Crippen molar-refractivity contribution in [3.63, 3.8) is 0 Å². The number of rotatable bonds is 8. The Morgan fingerprint density at radius 3 is 2.80 bits per heavy atom. The van der Waals surface area contributed by atoms with E-state index in [4.69, 9.17) is 0 Å². The number of benzene rings is 1. The number of nitrogens with one attached hydrogen (secondary N) is 2. The molecular formula is C17H23F2N5O. The molecule has 1 aromatic carbocycles. The number of alkyl halides is 2. The summed E-state index contributed by atoms with van der Waals surface area (Å²) < 4.78 is 31.2. The van der Waals surface area contributed by atoms with Crippen LogP contribution in [-0.4, -0.2) is 35.4 Å². The quantitative estimate of drug-likeness (QED) is 0.566. The average molecular weight is 351 g/mol. The van der Waals surface area contributed by atoms with Gasteiger partial charge in [-0.2, -0.15) is 13.9 Å². The zero-order chi connectivity index (χ0) is 18.1. The van der Waals surface area contributed by atoms with Crippen molar-refractivity contribution < 1.29 is 13.5 Å². The molecule has 2 N–H and O–H groups in total. The van der Waals surface area contributed by atoms with E-state index in [0.717, 1.165) is 12.0 Å². The van der Waals surface area contributed by atoms with Gasteiger partial charge in [-0.15, -0.1) is 0 Å². The van der Waals surface area contributed by atoms with E-state index in [9.17, 15) is 8.78 Å². The van der Waals surface area contributed by atoms with Crippen molar-refractivity contribution in [2.75, 3.05) is 13.1 Å². The zero-order valence-electron chi connectivity index (χ0n) is 14.4. The Bertz CT molecular complexity index is 687. The van der Waals surface area contributed by atoms with Crippen LogP contribution in [-0.2, 0) is 20.0 Å². The third-order valence-corrected chi connectivity index (χ3v) is 3.40. The fourth-order valence-corrected chi connectivity index (χ4v) is 2.28. The van der Waals surface area contributed by atoms with E-state index < -0.39 is 6.61 Å². The van der Waals surface area contributed by atoms with Crippen LogP contribution in [0.4, 0.5) is 8.78 Å². The summed E-state index contributed by atoms with van der Waals surface area (Å²) in [6.07, 6.45) is 4.59. The van der Waals surface area contributed by atoms with Crippen molar-refractivity contribution in [1.29, 1.82) is 0 Å². The minimum absolute atomic E-state index is 0.146. The molecule has 6 nitrogen and oxygen atoms in total. The number of halogens is 2. The fraction of sp³-hybridized carbons (Fsp3) is 0.412. The average Bonchev–Trinajstić information content (AvgIpc) is 2.98. The van der Waals surface area contributed by atoms with Crippen LogP contribution >= 0.6 is 0 Å². The molecule has 2 aromatic rings. The van der Waals surface area contributed by atoms with E-state index in [1.165, 1.54) is 6.07 Å². The van der Waals surface area contributed by atoms with Gasteiger partial charge in [0.15, 0.2) is 5.96 Å². The van der Waals surface area contributed by atoms with Crippen LogP contribution in [0.1, 0.15) is 18.1 Å². The molecule has 25 heavy (non-hydrogen) atoms. The normalized spacial score (nSPS) is 11.6. The molecule has 0 aliphatic rings. The highest BCUT2D eigenvalue weighted by Gasteiger charge is 2.09. The second-order valence-electron chi connectivity index (χ2n) is 5.38. The molecule has 0 unspecified atom stereocenters. The summed E-state index contributed by atoms with van der Waals surface area (Å²) in [7, 11) is 1.88. The van der Waals surface area contributed by atoms with Crippen molar-refractivity contribution in [1.82, 2.24) is 20.4 Å². The highest BCUT2D eigenvalue weighted by Crippen LogP contribution is 2.20. The van der Waals surface area contributed by atoms with Crippen LogP contribution in [0.5, 0.6) is 5.75 Å². The van der Waals surface area contributed by atoms with Gasteiger partial charge in [0.25, 0.3) is 0 Å². The summed E-state index contributed by atoms with van der Waals surface area (Å²) in [6.45, 7) is 0.744. The smallest absolute Gasteiger partial charge is 0.387 e. The lowest BCUT2D eigenvalue weighted by molar-refractivity contribution is -0.0504. The van der Waals surface area contributed by atoms with E-state index in [1.807, 2.05) is 26.4 Å². The Hall–Kier alpha value is -2.64. The molecule has 0 saturated carbocycles. The van der Waals surface area contributed by atoms with Crippen molar-refractivity contribution in [3.8, 4) is 5.75 Å². The first kappa shape index (κ1) is 18.7. The molecule has 136 valence electrons. The molecule has 1 heterocycles. The summed E-state index contributed by atoms with van der Waals surface area (Å²) in [4.78, 5) is 4.44. The topological polar surface area (TPSA) is 63.5 Å². The lowest BCUT2D eigenvalue weighted by atomic mass is 10.2. The standard InChI is InChI=1S/C17H23F2N5O/c1-3-20-17(21-9-8-13-10-23-24(2)12-13)22-11-14-6-4-5-7-15(14)25-16(18)19/h4-7,10,12,16H,3,8-9,11H2,1-2H3,(H2,20,21,22). The summed E-state index contributed by atoms with van der Waals surface area (Å²) in [5, 5.41) is 10.5. The number of ether oxygens (including phenoxy) is 1. The molecular weight excluding hydrogens is 328 g/mol. The molecule has 0 amide bonds. The molecule has 0 spiro atoms. The summed E-state index contributed by atoms with van der Waals surface area (Å²) in [5.41, 5.74) is 1.73. The SMILES string of the molecule is CCNC(=NCc1ccccc1OC(F)F)NCCc1cnn(C)c1. The molecule has 0 aliphatic heterocycles. The molecule has 1 aromatic heterocycles. The maximum atomic E-state index is 12.5. The summed E-state index contributed by atoms with van der Waals surface area (Å²) >= 11 is 0. The van der Waals surface area contributed by atoms with Gasteiger partial charge in [0.2, 0.25) is 0 Å². The van der Waals surface area contributed by atoms with Gasteiger partial charge in [-0.1, -0.05) is 18.2 Å². The number of guanidine groups is 1. The minimum Gasteiger partial charge on any atom is -0.434 e. The van der Waals surface area contributed by atoms with Gasteiger partial charge < -0.3 is 15.4 Å². The third-order valence-electron chi connectivity index (χ3n) is 3.40. The minimum atomic E-state index is -2.85. The summed E-state index contributed by atoms with van der Waals surface area (Å²) in [6, 6.07) is 6.66. The van der Waals surface area contributed by atoms with Crippen LogP contribution in [0.3, 0.4) is 0 Å². The molecule has 0 bridgehead atoms. The van der Waals surface area contributed by atoms with Crippen LogP contribution < -0.4 is 15.4 Å². The number of para-hydroxylation sites is 1. The van der Waals surface area contributed by atoms with Gasteiger partial charge >= 0.3 is 6.61 Å². The first-order valence-electron chi connectivity index (χ1n) is 8.11. The van der Waals surface area contributed by atoms with Gasteiger partial charge in [-0.05, 0) is 25.0 Å². The lowest BCUT2D eigenvalue weighted by Gasteiger charge is -2.12. The van der Waals surface area contributed by atoms with Gasteiger partial charge in [-0.3, -0.25) is 4.68 Å². The van der Waals surface area contributed by atoms with E-state index in [2.05, 4.69) is 25.5 Å². The predicted octanol–water partition coefficient (Wildman–Crippen LogP) is 2.32. The van der Waals surface area contributed by atoms with Gasteiger partial charge in [0.1, 0.15) is 5.75 Å². The van der Waals surface area contributed by atoms with Gasteiger partial charge in [-0.25, -0.2) is 4.99 Å². The Morgan fingerprint density at radius 1 is 1.32 bits per heavy atom. The van der Waals surface area contributed by atoms with Crippen LogP contribution in [0.15, 0.2) is 41.7 Å². The summed E-state index contributed by atoms with van der Waals surface area (Å²) in [5.74, 6) is 0.769. The van der Waals surface area contributed by atoms with E-state index in [0.29, 0.717) is 24.6 Å². The van der Waals surface area contributed by atoms with Crippen molar-refractivity contribution in [2.45, 2.75) is 26.5 Å². The second-order valence-corrected chi connectivity index (χ2v) is 5.38. The monoisotopic (exact) mass is 351 g/mol. The zero-order valence-corrected chi connectivity index (χ0v) is 14.4. The Labute approximate surface area is 145 Å². The van der Waals surface area contributed by atoms with Crippen molar-refractivity contribution >= 4 is 5.96 Å². The Kier molecular flexibility index (Phi) is 7.18. The van der Waals surface area contributed by atoms with Gasteiger partial charge in [0, 0.05) is 31.9 Å². The van der Waals surface area contributed by atoms with Crippen LogP contribution in [0, 0.1) is 0 Å². The highest BCUT2D eigenvalue weighted by atomic mass is 19.3. The molecule has 0 saturated heterocycles. The molecule has 0 atom stereocenters. The first-order chi connectivity index (χ1) is 12.1. The number of aryl methyl sites for hydroxylation is 1. The fourth-order valence-electron chi connectivity index (χ4n) is 2.28. The first-order valence-corrected chi connectivity index (χ1v) is 8.11. The van der Waals surface area contributed by atoms with Crippen LogP contribution in [0.2, 0.25) is 0 Å². The maximum absolute atomic E-state index is 12.5. The Balaban J connectivity index is 1.94. The highest BCUT2D eigenvalue weighted by molar-refractivity contribution is 5.79. The Morgan fingerprint density at radius 2 is 2.12 bits per heavy atom. The van der Waals surface area contributed by atoms with E-state index in [1.54, 1.807) is 22.9 Å². The second kappa shape index (κ2) is 9.61. The molecule has 8 heteroatoms. The maximum Gasteiger partial charge on any atom is 0.387 e.